The minimum atomic E-state index is -0.157. The topological polar surface area (TPSA) is 71.2 Å². The van der Waals surface area contributed by atoms with Gasteiger partial charge in [-0.3, -0.25) is 4.98 Å². The van der Waals surface area contributed by atoms with Gasteiger partial charge in [-0.15, -0.1) is 0 Å². The molecule has 0 bridgehead atoms. The van der Waals surface area contributed by atoms with Crippen molar-refractivity contribution >= 4 is 22.3 Å². The number of nitrogen functional groups attached to an aromatic ring is 1. The van der Waals surface area contributed by atoms with Gasteiger partial charge in [0, 0.05) is 17.6 Å². The molecule has 0 aliphatic heterocycles. The maximum Gasteiger partial charge on any atom is 0.0724 e. The highest BCUT2D eigenvalue weighted by Gasteiger charge is 2.27. The molecule has 17 heavy (non-hydrogen) atoms. The zero-order valence-electron chi connectivity index (χ0n) is 9.43. The molecule has 1 aliphatic rings. The standard InChI is InChI=1S/C13H15N3O/c14-13-10-2-1-5-15-11(10)3-4-12(13)16-8-6-9(17)7-8/h1-5,8-9,16-17H,6-7,14H2. The van der Waals surface area contributed by atoms with Gasteiger partial charge in [-0.25, -0.2) is 0 Å². The lowest BCUT2D eigenvalue weighted by Crippen LogP contribution is -2.39. The molecule has 0 radical (unpaired) electrons. The zero-order chi connectivity index (χ0) is 11.8. The Labute approximate surface area is 99.5 Å². The lowest BCUT2D eigenvalue weighted by Gasteiger charge is -2.33. The Kier molecular flexibility index (Phi) is 2.37. The van der Waals surface area contributed by atoms with Gasteiger partial charge in [0.25, 0.3) is 0 Å². The number of nitrogens with zero attached hydrogens (tertiary/aromatic N) is 1. The number of nitrogens with one attached hydrogen (secondary N) is 1. The van der Waals surface area contributed by atoms with Gasteiger partial charge in [0.15, 0.2) is 0 Å². The third kappa shape index (κ3) is 1.80. The minimum Gasteiger partial charge on any atom is -0.397 e. The zero-order valence-corrected chi connectivity index (χ0v) is 9.43. The second-order valence-corrected chi connectivity index (χ2v) is 4.56. The van der Waals surface area contributed by atoms with Crippen molar-refractivity contribution in [3.8, 4) is 0 Å². The largest absolute Gasteiger partial charge is 0.397 e. The van der Waals surface area contributed by atoms with Crippen molar-refractivity contribution in [2.75, 3.05) is 11.1 Å². The van der Waals surface area contributed by atoms with E-state index in [0.29, 0.717) is 6.04 Å². The molecule has 0 spiro atoms. The van der Waals surface area contributed by atoms with Gasteiger partial charge in [0.2, 0.25) is 0 Å². The van der Waals surface area contributed by atoms with E-state index in [1.54, 1.807) is 6.20 Å². The first kappa shape index (κ1) is 10.4. The number of anilines is 2. The van der Waals surface area contributed by atoms with Crippen molar-refractivity contribution in [3.63, 3.8) is 0 Å². The molecule has 88 valence electrons. The Hall–Kier alpha value is -1.81. The van der Waals surface area contributed by atoms with Crippen molar-refractivity contribution in [2.24, 2.45) is 0 Å². The van der Waals surface area contributed by atoms with Crippen LogP contribution < -0.4 is 11.1 Å². The Balaban J connectivity index is 1.92. The predicted molar refractivity (Wildman–Crippen MR) is 68.8 cm³/mol. The molecule has 0 saturated heterocycles. The number of rotatable bonds is 2. The summed E-state index contributed by atoms with van der Waals surface area (Å²) in [6.45, 7) is 0. The van der Waals surface area contributed by atoms with E-state index in [2.05, 4.69) is 10.3 Å². The fourth-order valence-electron chi connectivity index (χ4n) is 2.23. The van der Waals surface area contributed by atoms with E-state index < -0.39 is 0 Å². The summed E-state index contributed by atoms with van der Waals surface area (Å²) in [4.78, 5) is 4.26. The van der Waals surface area contributed by atoms with Gasteiger partial charge in [-0.2, -0.15) is 0 Å². The third-order valence-corrected chi connectivity index (χ3v) is 3.30. The van der Waals surface area contributed by atoms with Crippen LogP contribution in [0.2, 0.25) is 0 Å². The summed E-state index contributed by atoms with van der Waals surface area (Å²) >= 11 is 0. The maximum atomic E-state index is 9.26. The monoisotopic (exact) mass is 229 g/mol. The Morgan fingerprint density at radius 1 is 1.29 bits per heavy atom. The molecule has 1 heterocycles. The maximum absolute atomic E-state index is 9.26. The van der Waals surface area contributed by atoms with Gasteiger partial charge in [-0.05, 0) is 37.1 Å². The number of aromatic nitrogens is 1. The molecular formula is C13H15N3O. The SMILES string of the molecule is Nc1c(NC2CC(O)C2)ccc2ncccc12. The number of aliphatic hydroxyl groups excluding tert-OH is 1. The summed E-state index contributed by atoms with van der Waals surface area (Å²) in [7, 11) is 0. The summed E-state index contributed by atoms with van der Waals surface area (Å²) in [6.07, 6.45) is 3.20. The Morgan fingerprint density at radius 2 is 2.12 bits per heavy atom. The van der Waals surface area contributed by atoms with Gasteiger partial charge in [-0.1, -0.05) is 0 Å². The van der Waals surface area contributed by atoms with Crippen LogP contribution in [-0.2, 0) is 0 Å². The van der Waals surface area contributed by atoms with E-state index >= 15 is 0 Å². The Morgan fingerprint density at radius 3 is 2.88 bits per heavy atom. The lowest BCUT2D eigenvalue weighted by atomic mass is 9.89. The molecule has 4 heteroatoms. The highest BCUT2D eigenvalue weighted by Crippen LogP contribution is 2.31. The van der Waals surface area contributed by atoms with Crippen molar-refractivity contribution in [1.82, 2.24) is 4.98 Å². The molecule has 1 fully saturated rings. The van der Waals surface area contributed by atoms with Crippen LogP contribution in [0.1, 0.15) is 12.8 Å². The molecule has 1 aliphatic carbocycles. The van der Waals surface area contributed by atoms with E-state index in [4.69, 9.17) is 5.73 Å². The van der Waals surface area contributed by atoms with Gasteiger partial charge in [0.1, 0.15) is 0 Å². The van der Waals surface area contributed by atoms with Gasteiger partial charge >= 0.3 is 0 Å². The number of pyridine rings is 1. The van der Waals surface area contributed by atoms with E-state index in [-0.39, 0.29) is 6.10 Å². The average molecular weight is 229 g/mol. The second-order valence-electron chi connectivity index (χ2n) is 4.56. The molecule has 4 N–H and O–H groups in total. The molecule has 0 unspecified atom stereocenters. The minimum absolute atomic E-state index is 0.157. The highest BCUT2D eigenvalue weighted by molar-refractivity contribution is 5.96. The third-order valence-electron chi connectivity index (χ3n) is 3.30. The first-order valence-corrected chi connectivity index (χ1v) is 5.82. The average Bonchev–Trinajstić information content (AvgIpc) is 2.31. The molecule has 3 rings (SSSR count). The van der Waals surface area contributed by atoms with E-state index in [1.165, 1.54) is 0 Å². The molecule has 0 amide bonds. The highest BCUT2D eigenvalue weighted by atomic mass is 16.3. The molecule has 4 nitrogen and oxygen atoms in total. The quantitative estimate of drug-likeness (QED) is 0.686. The lowest BCUT2D eigenvalue weighted by molar-refractivity contribution is 0.0837. The van der Waals surface area contributed by atoms with Crippen molar-refractivity contribution < 1.29 is 5.11 Å². The smallest absolute Gasteiger partial charge is 0.0724 e. The van der Waals surface area contributed by atoms with E-state index in [0.717, 1.165) is 35.1 Å². The Bertz CT molecular complexity index is 549. The predicted octanol–water partition coefficient (Wildman–Crippen LogP) is 1.75. The van der Waals surface area contributed by atoms with Crippen LogP contribution in [0.3, 0.4) is 0 Å². The van der Waals surface area contributed by atoms with Crippen LogP contribution in [0, 0.1) is 0 Å². The number of hydrogen-bond donors (Lipinski definition) is 3. The first-order valence-electron chi connectivity index (χ1n) is 5.82. The van der Waals surface area contributed by atoms with Crippen LogP contribution in [0.25, 0.3) is 10.9 Å². The van der Waals surface area contributed by atoms with Crippen LogP contribution >= 0.6 is 0 Å². The normalized spacial score (nSPS) is 23.4. The molecule has 1 aromatic heterocycles. The van der Waals surface area contributed by atoms with Crippen LogP contribution in [0.5, 0.6) is 0 Å². The fourth-order valence-corrected chi connectivity index (χ4v) is 2.23. The summed E-state index contributed by atoms with van der Waals surface area (Å²) in [5, 5.41) is 13.6. The van der Waals surface area contributed by atoms with E-state index in [9.17, 15) is 5.11 Å². The molecule has 1 aromatic carbocycles. The van der Waals surface area contributed by atoms with Crippen molar-refractivity contribution in [1.29, 1.82) is 0 Å². The number of nitrogens with two attached hydrogens (primary N) is 1. The summed E-state index contributed by atoms with van der Waals surface area (Å²) in [5.74, 6) is 0. The number of hydrogen-bond acceptors (Lipinski definition) is 4. The summed E-state index contributed by atoms with van der Waals surface area (Å²) in [6, 6.07) is 8.11. The van der Waals surface area contributed by atoms with Crippen LogP contribution in [0.15, 0.2) is 30.5 Å². The molecule has 0 atom stereocenters. The van der Waals surface area contributed by atoms with Gasteiger partial charge < -0.3 is 16.2 Å². The number of aliphatic hydroxyl groups is 1. The van der Waals surface area contributed by atoms with Crippen LogP contribution in [0.4, 0.5) is 11.4 Å². The number of benzene rings is 1. The second kappa shape index (κ2) is 3.89. The van der Waals surface area contributed by atoms with Crippen molar-refractivity contribution in [3.05, 3.63) is 30.5 Å². The summed E-state index contributed by atoms with van der Waals surface area (Å²) in [5.41, 5.74) is 8.69. The van der Waals surface area contributed by atoms with Crippen molar-refractivity contribution in [2.45, 2.75) is 25.0 Å². The fraction of sp³-hybridized carbons (Fsp3) is 0.308. The summed E-state index contributed by atoms with van der Waals surface area (Å²) < 4.78 is 0. The first-order chi connectivity index (χ1) is 8.24. The molecule has 2 aromatic rings. The van der Waals surface area contributed by atoms with E-state index in [1.807, 2.05) is 24.3 Å². The number of fused-ring (bicyclic) bond motifs is 1. The molecular weight excluding hydrogens is 214 g/mol. The molecule has 1 saturated carbocycles. The van der Waals surface area contributed by atoms with Gasteiger partial charge in [0.05, 0.1) is 23.0 Å². The van der Waals surface area contributed by atoms with Crippen LogP contribution in [-0.4, -0.2) is 22.2 Å².